The number of imide groups is 2. The maximum Gasteiger partial charge on any atom is 0.352 e. The van der Waals surface area contributed by atoms with Gasteiger partial charge in [0.2, 0.25) is 5.54 Å². The van der Waals surface area contributed by atoms with Gasteiger partial charge in [0.1, 0.15) is 12.3 Å². The molecule has 0 radical (unpaired) electrons. The summed E-state index contributed by atoms with van der Waals surface area (Å²) in [5, 5.41) is 7.82. The molecule has 2 fully saturated rings. The Labute approximate surface area is 261 Å². The summed E-state index contributed by atoms with van der Waals surface area (Å²) < 4.78 is 10.8. The molecule has 0 aromatic heterocycles. The molecule has 4 aliphatic rings. The first-order chi connectivity index (χ1) is 21.3. The number of nitrogens with zero attached hydrogens (tertiary/aromatic N) is 2. The standard InChI is InChI=1S/C32H33N5O7Si/c1-43-23-7-6-22-17-36(26(38)24(22)16-23)18-31(28(40)37(30(42)35-31)19-44-13-14-45(2,3)4)11-9-20-5-8-25-21(15-20)10-12-32(25)27(39)33-29(41)34-32/h5-8,15-16H,1,10,12-14,17-19H2,2-4H3,(H2-,33,34,35,39,41,42)/p+1/t31-,32-/m1/s1. The summed E-state index contributed by atoms with van der Waals surface area (Å²) in [5.41, 5.74) is 0.442. The second-order valence-electron chi connectivity index (χ2n) is 13.0. The van der Waals surface area contributed by atoms with Crippen LogP contribution in [0, 0.1) is 11.8 Å². The summed E-state index contributed by atoms with van der Waals surface area (Å²) >= 11 is 0. The van der Waals surface area contributed by atoms with E-state index in [0.717, 1.165) is 22.1 Å². The highest BCUT2D eigenvalue weighted by atomic mass is 28.3. The van der Waals surface area contributed by atoms with Crippen LogP contribution in [0.3, 0.4) is 0 Å². The van der Waals surface area contributed by atoms with E-state index in [9.17, 15) is 24.0 Å². The molecular formula is C32H34N5O7Si+. The molecule has 232 valence electrons. The van der Waals surface area contributed by atoms with Crippen LogP contribution in [0.5, 0.6) is 5.75 Å². The van der Waals surface area contributed by atoms with E-state index in [-0.39, 0.29) is 31.6 Å². The van der Waals surface area contributed by atoms with Gasteiger partial charge < -0.3 is 20.3 Å². The smallest absolute Gasteiger partial charge is 0.352 e. The molecule has 6 rings (SSSR count). The van der Waals surface area contributed by atoms with Crippen LogP contribution in [-0.4, -0.2) is 79.9 Å². The minimum Gasteiger partial charge on any atom is -0.361 e. The quantitative estimate of drug-likeness (QED) is 0.134. The number of ether oxygens (including phenoxy) is 1. The zero-order valence-electron chi connectivity index (χ0n) is 25.4. The van der Waals surface area contributed by atoms with E-state index in [1.807, 2.05) is 6.07 Å². The Hall–Kier alpha value is -4.80. The normalized spacial score (nSPS) is 23.5. The number of urea groups is 2. The third-order valence-corrected chi connectivity index (χ3v) is 10.3. The first kappa shape index (κ1) is 30.2. The van der Waals surface area contributed by atoms with Crippen LogP contribution in [-0.2, 0) is 37.3 Å². The fourth-order valence-electron chi connectivity index (χ4n) is 6.14. The van der Waals surface area contributed by atoms with Gasteiger partial charge in [-0.2, -0.15) is 0 Å². The average molecular weight is 629 g/mol. The van der Waals surface area contributed by atoms with Crippen LogP contribution in [0.4, 0.5) is 9.59 Å². The number of carbonyl (C=O) groups is 5. The maximum absolute atomic E-state index is 14.0. The van der Waals surface area contributed by atoms with E-state index in [0.29, 0.717) is 41.9 Å². The Bertz CT molecular complexity index is 1740. The number of benzene rings is 2. The third-order valence-electron chi connectivity index (χ3n) is 8.64. The lowest BCUT2D eigenvalue weighted by Crippen LogP contribution is -2.54. The average Bonchev–Trinajstić information content (AvgIpc) is 3.67. The Morgan fingerprint density at radius 1 is 1.04 bits per heavy atom. The van der Waals surface area contributed by atoms with Gasteiger partial charge in [-0.15, -0.1) is 0 Å². The van der Waals surface area contributed by atoms with Gasteiger partial charge in [-0.05, 0) is 53.8 Å². The largest absolute Gasteiger partial charge is 0.361 e. The van der Waals surface area contributed by atoms with E-state index < -0.39 is 37.1 Å². The van der Waals surface area contributed by atoms with Crippen molar-refractivity contribution in [2.75, 3.05) is 19.9 Å². The van der Waals surface area contributed by atoms with Gasteiger partial charge in [-0.25, -0.2) is 18.9 Å². The molecule has 12 nitrogen and oxygen atoms in total. The van der Waals surface area contributed by atoms with Crippen molar-refractivity contribution in [3.63, 3.8) is 0 Å². The predicted octanol–water partition coefficient (Wildman–Crippen LogP) is 2.36. The lowest BCUT2D eigenvalue weighted by atomic mass is 9.91. The number of hydrogen-bond acceptors (Lipinski definition) is 6. The molecule has 0 bridgehead atoms. The Balaban J connectivity index is 1.29. The minimum atomic E-state index is -1.73. The van der Waals surface area contributed by atoms with E-state index in [4.69, 9.17) is 9.16 Å². The van der Waals surface area contributed by atoms with Crippen molar-refractivity contribution in [1.82, 2.24) is 25.8 Å². The molecule has 1 spiro atoms. The number of fused-ring (bicyclic) bond motifs is 3. The molecule has 3 aliphatic heterocycles. The fraction of sp³-hybridized carbons (Fsp3) is 0.375. The van der Waals surface area contributed by atoms with Gasteiger partial charge in [0.15, 0.2) is 0 Å². The highest BCUT2D eigenvalue weighted by Crippen LogP contribution is 2.39. The van der Waals surface area contributed by atoms with Gasteiger partial charge in [0.25, 0.3) is 24.5 Å². The van der Waals surface area contributed by atoms with Crippen LogP contribution in [0.25, 0.3) is 0 Å². The molecule has 3 heterocycles. The number of rotatable bonds is 8. The van der Waals surface area contributed by atoms with Crippen molar-refractivity contribution in [2.24, 2.45) is 0 Å². The first-order valence-electron chi connectivity index (χ1n) is 14.7. The van der Waals surface area contributed by atoms with Crippen molar-refractivity contribution in [3.8, 4) is 17.6 Å². The van der Waals surface area contributed by atoms with E-state index >= 15 is 0 Å². The predicted molar refractivity (Wildman–Crippen MR) is 165 cm³/mol. The summed E-state index contributed by atoms with van der Waals surface area (Å²) in [6, 6.07) is 10.0. The van der Waals surface area contributed by atoms with Crippen LogP contribution in [0.15, 0.2) is 36.4 Å². The van der Waals surface area contributed by atoms with Crippen molar-refractivity contribution < 1.29 is 33.1 Å². The molecule has 2 saturated heterocycles. The summed E-state index contributed by atoms with van der Waals surface area (Å²) in [5.74, 6) is 5.15. The molecule has 2 atom stereocenters. The van der Waals surface area contributed by atoms with Gasteiger partial charge in [0, 0.05) is 32.9 Å². The topological polar surface area (TPSA) is 148 Å². The number of nitrogens with one attached hydrogen (secondary N) is 3. The fourth-order valence-corrected chi connectivity index (χ4v) is 6.90. The Morgan fingerprint density at radius 3 is 2.56 bits per heavy atom. The van der Waals surface area contributed by atoms with Gasteiger partial charge in [-0.3, -0.25) is 19.7 Å². The van der Waals surface area contributed by atoms with Crippen LogP contribution >= 0.6 is 0 Å². The Morgan fingerprint density at radius 2 is 1.84 bits per heavy atom. The van der Waals surface area contributed by atoms with Crippen LogP contribution in [0.1, 0.15) is 39.0 Å². The lowest BCUT2D eigenvalue weighted by molar-refractivity contribution is -0.354. The minimum absolute atomic E-state index is 0.190. The van der Waals surface area contributed by atoms with E-state index in [1.54, 1.807) is 30.3 Å². The summed E-state index contributed by atoms with van der Waals surface area (Å²) in [4.78, 5) is 67.5. The molecule has 7 amide bonds. The maximum atomic E-state index is 14.0. The van der Waals surface area contributed by atoms with E-state index in [2.05, 4.69) is 54.2 Å². The SMILES string of the molecule is C=[O+]c1ccc2c(c1)C(=O)N(C[C@@]1(C#Cc3ccc4c(c3)CC[C@@]43NC(=O)NC3=O)NC(=O)N(COCC[Si](C)(C)C)C1=O)C2. The first-order valence-corrected chi connectivity index (χ1v) is 18.4. The molecule has 0 saturated carbocycles. The zero-order valence-corrected chi connectivity index (χ0v) is 26.4. The molecule has 2 aromatic rings. The monoisotopic (exact) mass is 628 g/mol. The summed E-state index contributed by atoms with van der Waals surface area (Å²) in [7, 11) is -1.39. The molecule has 45 heavy (non-hydrogen) atoms. The molecular weight excluding hydrogens is 594 g/mol. The lowest BCUT2D eigenvalue weighted by Gasteiger charge is -2.27. The van der Waals surface area contributed by atoms with E-state index in [1.165, 1.54) is 4.90 Å². The highest BCUT2D eigenvalue weighted by molar-refractivity contribution is 6.76. The summed E-state index contributed by atoms with van der Waals surface area (Å²) in [6.45, 7) is 10.2. The Kier molecular flexibility index (Phi) is 7.37. The molecule has 1 aliphatic carbocycles. The number of hydrogen-bond donors (Lipinski definition) is 3. The third kappa shape index (κ3) is 5.40. The second kappa shape index (κ2) is 11.0. The summed E-state index contributed by atoms with van der Waals surface area (Å²) in [6.07, 6.45) is 0.960. The molecule has 13 heteroatoms. The van der Waals surface area contributed by atoms with Gasteiger partial charge >= 0.3 is 17.8 Å². The van der Waals surface area contributed by atoms with Crippen molar-refractivity contribution in [1.29, 1.82) is 0 Å². The van der Waals surface area contributed by atoms with Gasteiger partial charge in [0.05, 0.1) is 18.2 Å². The number of aryl methyl sites for hydroxylation is 1. The van der Waals surface area contributed by atoms with Crippen LogP contribution < -0.4 is 16.0 Å². The zero-order chi connectivity index (χ0) is 32.1. The number of carbonyl (C=O) groups excluding carboxylic acids is 6. The second-order valence-corrected chi connectivity index (χ2v) is 18.6. The van der Waals surface area contributed by atoms with Crippen molar-refractivity contribution >= 4 is 44.6 Å². The highest BCUT2D eigenvalue weighted by Gasteiger charge is 2.53. The molecule has 2 aromatic carbocycles. The van der Waals surface area contributed by atoms with Gasteiger partial charge in [-0.1, -0.05) is 37.5 Å². The van der Waals surface area contributed by atoms with Crippen LogP contribution in [0.2, 0.25) is 25.7 Å². The molecule has 3 N–H and O–H groups in total. The van der Waals surface area contributed by atoms with Crippen molar-refractivity contribution in [3.05, 3.63) is 64.2 Å². The van der Waals surface area contributed by atoms with Crippen molar-refractivity contribution in [2.45, 2.75) is 56.1 Å². The molecule has 0 unspecified atom stereocenters. The number of amides is 7.